The van der Waals surface area contributed by atoms with Crippen molar-refractivity contribution in [2.24, 2.45) is 5.92 Å². The molecule has 0 bridgehead atoms. The highest BCUT2D eigenvalue weighted by Crippen LogP contribution is 2.20. The molecule has 1 N–H and O–H groups in total. The Morgan fingerprint density at radius 2 is 1.89 bits per heavy atom. The second-order valence-corrected chi connectivity index (χ2v) is 5.57. The number of aliphatic carboxylic acids is 1. The summed E-state index contributed by atoms with van der Waals surface area (Å²) in [6.07, 6.45) is 4.81. The molecular formula is C14H25NO4. The lowest BCUT2D eigenvalue weighted by Crippen LogP contribution is -2.40. The first-order valence-corrected chi connectivity index (χ1v) is 7.37. The number of ether oxygens (including phenoxy) is 2. The maximum absolute atomic E-state index is 10.4. The van der Waals surface area contributed by atoms with Crippen molar-refractivity contribution in [3.05, 3.63) is 0 Å². The molecule has 0 spiro atoms. The molecule has 2 saturated heterocycles. The van der Waals surface area contributed by atoms with Gasteiger partial charge in [0.2, 0.25) is 0 Å². The monoisotopic (exact) mass is 271 g/mol. The van der Waals surface area contributed by atoms with E-state index in [1.807, 2.05) is 0 Å². The Bertz CT molecular complexity index is 271. The molecule has 0 aromatic heterocycles. The van der Waals surface area contributed by atoms with Crippen molar-refractivity contribution < 1.29 is 19.4 Å². The molecule has 2 heterocycles. The largest absolute Gasteiger partial charge is 0.481 e. The summed E-state index contributed by atoms with van der Waals surface area (Å²) in [5.41, 5.74) is 0. The zero-order valence-electron chi connectivity index (χ0n) is 11.6. The van der Waals surface area contributed by atoms with Gasteiger partial charge in [0, 0.05) is 32.8 Å². The summed E-state index contributed by atoms with van der Waals surface area (Å²) in [7, 11) is 0. The molecule has 0 amide bonds. The fraction of sp³-hybridized carbons (Fsp3) is 0.929. The molecule has 0 atom stereocenters. The minimum atomic E-state index is -0.781. The fourth-order valence-corrected chi connectivity index (χ4v) is 2.87. The Kier molecular flexibility index (Phi) is 6.07. The minimum Gasteiger partial charge on any atom is -0.481 e. The van der Waals surface area contributed by atoms with E-state index in [0.717, 1.165) is 45.1 Å². The minimum absolute atomic E-state index is 0.113. The van der Waals surface area contributed by atoms with Crippen molar-refractivity contribution in [2.45, 2.75) is 38.2 Å². The average molecular weight is 271 g/mol. The lowest BCUT2D eigenvalue weighted by atomic mass is 9.98. The third-order valence-corrected chi connectivity index (χ3v) is 4.06. The van der Waals surface area contributed by atoms with Crippen molar-refractivity contribution in [2.75, 3.05) is 39.5 Å². The number of carboxylic acids is 1. The van der Waals surface area contributed by atoms with Crippen LogP contribution in [0.3, 0.4) is 0 Å². The molecule has 2 aliphatic heterocycles. The van der Waals surface area contributed by atoms with Gasteiger partial charge in [-0.1, -0.05) is 0 Å². The van der Waals surface area contributed by atoms with Crippen molar-refractivity contribution in [3.63, 3.8) is 0 Å². The topological polar surface area (TPSA) is 59.0 Å². The smallest absolute Gasteiger partial charge is 0.305 e. The second kappa shape index (κ2) is 7.82. The van der Waals surface area contributed by atoms with Crippen LogP contribution in [0, 0.1) is 5.92 Å². The van der Waals surface area contributed by atoms with Crippen LogP contribution in [0.15, 0.2) is 0 Å². The van der Waals surface area contributed by atoms with Gasteiger partial charge in [-0.3, -0.25) is 4.79 Å². The van der Waals surface area contributed by atoms with Crippen LogP contribution >= 0.6 is 0 Å². The van der Waals surface area contributed by atoms with Gasteiger partial charge in [0.25, 0.3) is 0 Å². The number of hydrogen-bond acceptors (Lipinski definition) is 4. The summed E-state index contributed by atoms with van der Waals surface area (Å²) in [5.74, 6) is 0.00943. The molecule has 5 heteroatoms. The summed E-state index contributed by atoms with van der Waals surface area (Å²) in [4.78, 5) is 12.9. The van der Waals surface area contributed by atoms with Gasteiger partial charge in [-0.2, -0.15) is 0 Å². The lowest BCUT2D eigenvalue weighted by molar-refractivity contribution is -0.138. The molecule has 5 nitrogen and oxygen atoms in total. The van der Waals surface area contributed by atoms with E-state index < -0.39 is 5.97 Å². The lowest BCUT2D eigenvalue weighted by Gasteiger charge is -2.35. The number of hydrogen-bond donors (Lipinski definition) is 1. The fourth-order valence-electron chi connectivity index (χ4n) is 2.87. The highest BCUT2D eigenvalue weighted by molar-refractivity contribution is 5.66. The predicted octanol–water partition coefficient (Wildman–Crippen LogP) is 1.37. The van der Waals surface area contributed by atoms with Crippen molar-refractivity contribution in [1.29, 1.82) is 0 Å². The van der Waals surface area contributed by atoms with Crippen LogP contribution < -0.4 is 0 Å². The first-order valence-electron chi connectivity index (χ1n) is 7.37. The number of rotatable bonds is 6. The van der Waals surface area contributed by atoms with Crippen LogP contribution in [0.1, 0.15) is 32.1 Å². The molecule has 0 aromatic rings. The Morgan fingerprint density at radius 1 is 1.21 bits per heavy atom. The van der Waals surface area contributed by atoms with Gasteiger partial charge in [0.15, 0.2) is 0 Å². The van der Waals surface area contributed by atoms with Crippen LogP contribution in [0.25, 0.3) is 0 Å². The Labute approximate surface area is 114 Å². The zero-order chi connectivity index (χ0) is 13.5. The highest BCUT2D eigenvalue weighted by atomic mass is 16.5. The number of nitrogens with zero attached hydrogens (tertiary/aromatic N) is 1. The van der Waals surface area contributed by atoms with Crippen molar-refractivity contribution in [1.82, 2.24) is 4.90 Å². The molecular weight excluding hydrogens is 246 g/mol. The van der Waals surface area contributed by atoms with Crippen molar-refractivity contribution >= 4 is 5.97 Å². The van der Waals surface area contributed by atoms with Gasteiger partial charge in [0.05, 0.1) is 19.1 Å². The molecule has 0 radical (unpaired) electrons. The first-order chi connectivity index (χ1) is 9.24. The van der Waals surface area contributed by atoms with Crippen LogP contribution in [-0.2, 0) is 14.3 Å². The summed E-state index contributed by atoms with van der Waals surface area (Å²) in [5, 5.41) is 8.57. The first kappa shape index (κ1) is 14.8. The number of carbonyl (C=O) groups is 1. The highest BCUT2D eigenvalue weighted by Gasteiger charge is 2.23. The van der Waals surface area contributed by atoms with Crippen molar-refractivity contribution in [3.8, 4) is 0 Å². The summed E-state index contributed by atoms with van der Waals surface area (Å²) >= 11 is 0. The van der Waals surface area contributed by atoms with Gasteiger partial charge in [-0.05, 0) is 31.6 Å². The average Bonchev–Trinajstić information content (AvgIpc) is 2.42. The number of piperidine rings is 1. The van der Waals surface area contributed by atoms with E-state index in [4.69, 9.17) is 14.6 Å². The molecule has 0 aromatic carbocycles. The maximum Gasteiger partial charge on any atom is 0.305 e. The van der Waals surface area contributed by atoms with Gasteiger partial charge in [-0.15, -0.1) is 0 Å². The molecule has 2 aliphatic rings. The molecule has 0 unspecified atom stereocenters. The van der Waals surface area contributed by atoms with E-state index in [9.17, 15) is 4.79 Å². The molecule has 2 rings (SSSR count). The second-order valence-electron chi connectivity index (χ2n) is 5.57. The Balaban J connectivity index is 1.58. The van der Waals surface area contributed by atoms with E-state index in [-0.39, 0.29) is 12.5 Å². The van der Waals surface area contributed by atoms with E-state index in [0.29, 0.717) is 6.61 Å². The Morgan fingerprint density at radius 3 is 2.53 bits per heavy atom. The third-order valence-electron chi connectivity index (χ3n) is 4.06. The quantitative estimate of drug-likeness (QED) is 0.790. The molecule has 19 heavy (non-hydrogen) atoms. The van der Waals surface area contributed by atoms with Crippen LogP contribution in [0.5, 0.6) is 0 Å². The van der Waals surface area contributed by atoms with E-state index in [1.165, 1.54) is 19.4 Å². The summed E-state index contributed by atoms with van der Waals surface area (Å²) < 4.78 is 11.0. The maximum atomic E-state index is 10.4. The molecule has 0 saturated carbocycles. The van der Waals surface area contributed by atoms with Crippen LogP contribution in [-0.4, -0.2) is 61.5 Å². The normalized spacial score (nSPS) is 23.6. The standard InChI is InChI=1S/C14H25NO4/c16-14(17)5-10-19-13-1-6-15(7-2-13)11-12-3-8-18-9-4-12/h12-13H,1-11H2,(H,16,17). The number of likely N-dealkylation sites (tertiary alicyclic amines) is 1. The molecule has 0 aliphatic carbocycles. The van der Waals surface area contributed by atoms with Gasteiger partial charge in [-0.25, -0.2) is 0 Å². The van der Waals surface area contributed by atoms with Gasteiger partial charge < -0.3 is 19.5 Å². The molecule has 2 fully saturated rings. The van der Waals surface area contributed by atoms with Crippen LogP contribution in [0.2, 0.25) is 0 Å². The number of carboxylic acid groups (broad SMARTS) is 1. The van der Waals surface area contributed by atoms with E-state index >= 15 is 0 Å². The summed E-state index contributed by atoms with van der Waals surface area (Å²) in [6.45, 7) is 5.52. The van der Waals surface area contributed by atoms with Gasteiger partial charge in [0.1, 0.15) is 0 Å². The van der Waals surface area contributed by atoms with E-state index in [2.05, 4.69) is 4.90 Å². The SMILES string of the molecule is O=C(O)CCOC1CCN(CC2CCOCC2)CC1. The predicted molar refractivity (Wildman–Crippen MR) is 71.2 cm³/mol. The van der Waals surface area contributed by atoms with Crippen LogP contribution in [0.4, 0.5) is 0 Å². The Hall–Kier alpha value is -0.650. The van der Waals surface area contributed by atoms with Gasteiger partial charge >= 0.3 is 5.97 Å². The zero-order valence-corrected chi connectivity index (χ0v) is 11.6. The molecule has 110 valence electrons. The summed E-state index contributed by atoms with van der Waals surface area (Å²) in [6, 6.07) is 0. The van der Waals surface area contributed by atoms with E-state index in [1.54, 1.807) is 0 Å². The third kappa shape index (κ3) is 5.47.